The van der Waals surface area contributed by atoms with Crippen LogP contribution >= 0.6 is 11.7 Å². The van der Waals surface area contributed by atoms with E-state index in [1.807, 2.05) is 24.3 Å². The van der Waals surface area contributed by atoms with Crippen molar-refractivity contribution in [3.63, 3.8) is 0 Å². The monoisotopic (exact) mass is 406 g/mol. The van der Waals surface area contributed by atoms with Gasteiger partial charge >= 0.3 is 0 Å². The second kappa shape index (κ2) is 7.40. The normalized spacial score (nSPS) is 10.8. The highest BCUT2D eigenvalue weighted by atomic mass is 32.1. The molecule has 0 aliphatic carbocycles. The van der Waals surface area contributed by atoms with Gasteiger partial charge in [0.05, 0.1) is 23.1 Å². The van der Waals surface area contributed by atoms with Gasteiger partial charge in [0, 0.05) is 0 Å². The summed E-state index contributed by atoms with van der Waals surface area (Å²) >= 11 is 0.996. The van der Waals surface area contributed by atoms with E-state index in [-0.39, 0.29) is 11.8 Å². The van der Waals surface area contributed by atoms with Crippen LogP contribution < -0.4 is 9.47 Å². The zero-order valence-corrected chi connectivity index (χ0v) is 15.3. The molecule has 29 heavy (non-hydrogen) atoms. The van der Waals surface area contributed by atoms with Gasteiger partial charge in [0.2, 0.25) is 0 Å². The molecule has 0 aliphatic rings. The summed E-state index contributed by atoms with van der Waals surface area (Å²) in [6.45, 7) is 0. The van der Waals surface area contributed by atoms with E-state index in [1.54, 1.807) is 33.6 Å². The maximum absolute atomic E-state index is 5.80. The van der Waals surface area contributed by atoms with E-state index in [4.69, 9.17) is 9.47 Å². The smallest absolute Gasteiger partial charge is 0.297 e. The molecule has 3 aromatic heterocycles. The van der Waals surface area contributed by atoms with Crippen LogP contribution in [-0.2, 0) is 0 Å². The van der Waals surface area contributed by atoms with Gasteiger partial charge in [-0.05, 0) is 69.4 Å². The Morgan fingerprint density at radius 3 is 1.45 bits per heavy atom. The topological polar surface area (TPSA) is 131 Å². The molecular formula is C16H10N10O2S. The minimum atomic E-state index is 0.273. The molecule has 0 radical (unpaired) electrons. The summed E-state index contributed by atoms with van der Waals surface area (Å²) in [7, 11) is 0. The second-order valence-corrected chi connectivity index (χ2v) is 6.10. The van der Waals surface area contributed by atoms with Gasteiger partial charge in [-0.2, -0.15) is 0 Å². The maximum Gasteiger partial charge on any atom is 0.297 e. The largest absolute Gasteiger partial charge is 0.434 e. The number of rotatable bonds is 6. The molecule has 5 aromatic rings. The maximum atomic E-state index is 5.80. The first-order valence-electron chi connectivity index (χ1n) is 8.20. The van der Waals surface area contributed by atoms with Crippen LogP contribution in [0.4, 0.5) is 0 Å². The van der Waals surface area contributed by atoms with Crippen molar-refractivity contribution < 1.29 is 9.47 Å². The first kappa shape index (κ1) is 16.9. The van der Waals surface area contributed by atoms with Crippen LogP contribution in [0.5, 0.6) is 23.3 Å². The Balaban J connectivity index is 1.29. The first-order chi connectivity index (χ1) is 14.3. The third kappa shape index (κ3) is 3.61. The van der Waals surface area contributed by atoms with E-state index >= 15 is 0 Å². The molecule has 0 spiro atoms. The van der Waals surface area contributed by atoms with Gasteiger partial charge in [-0.25, -0.2) is 9.36 Å². The van der Waals surface area contributed by atoms with Gasteiger partial charge in [-0.15, -0.1) is 18.9 Å². The molecule has 0 N–H and O–H groups in total. The standard InChI is InChI=1S/C16H10N10O2S/c1-5-13(6-2-11(1)25-9-17-21-23-25)27-15-16(20-29-19-15)28-14-7-3-12(4-8-14)26-10-18-22-24-26/h1-10H. The number of benzene rings is 2. The van der Waals surface area contributed by atoms with Gasteiger partial charge < -0.3 is 9.47 Å². The average Bonchev–Trinajstić information content (AvgIpc) is 3.53. The third-order valence-electron chi connectivity index (χ3n) is 3.76. The third-order valence-corrected chi connectivity index (χ3v) is 4.25. The summed E-state index contributed by atoms with van der Waals surface area (Å²) in [5.74, 6) is 1.70. The van der Waals surface area contributed by atoms with E-state index in [1.165, 1.54) is 12.7 Å². The zero-order valence-electron chi connectivity index (χ0n) is 14.5. The number of aromatic nitrogens is 10. The second-order valence-electron chi connectivity index (χ2n) is 5.58. The highest BCUT2D eigenvalue weighted by Gasteiger charge is 2.14. The highest BCUT2D eigenvalue weighted by molar-refractivity contribution is 6.99. The molecule has 0 atom stereocenters. The highest BCUT2D eigenvalue weighted by Crippen LogP contribution is 2.33. The van der Waals surface area contributed by atoms with E-state index in [0.29, 0.717) is 11.5 Å². The Kier molecular flexibility index (Phi) is 4.31. The molecule has 0 bridgehead atoms. The average molecular weight is 406 g/mol. The van der Waals surface area contributed by atoms with Crippen LogP contribution in [0.15, 0.2) is 61.2 Å². The molecular weight excluding hydrogens is 396 g/mol. The Hall–Kier alpha value is -4.26. The van der Waals surface area contributed by atoms with Crippen molar-refractivity contribution in [1.82, 2.24) is 49.2 Å². The van der Waals surface area contributed by atoms with Gasteiger partial charge in [-0.1, -0.05) is 0 Å². The Morgan fingerprint density at radius 2 is 1.07 bits per heavy atom. The summed E-state index contributed by atoms with van der Waals surface area (Å²) in [6, 6.07) is 14.4. The number of hydrogen-bond acceptors (Lipinski definition) is 11. The van der Waals surface area contributed by atoms with Crippen LogP contribution in [0, 0.1) is 0 Å². The number of nitrogens with zero attached hydrogens (tertiary/aromatic N) is 10. The van der Waals surface area contributed by atoms with Crippen molar-refractivity contribution in [3.8, 4) is 34.6 Å². The van der Waals surface area contributed by atoms with E-state index in [2.05, 4.69) is 39.8 Å². The van der Waals surface area contributed by atoms with E-state index in [9.17, 15) is 0 Å². The quantitative estimate of drug-likeness (QED) is 0.413. The lowest BCUT2D eigenvalue weighted by molar-refractivity contribution is 0.402. The fourth-order valence-corrected chi connectivity index (χ4v) is 2.83. The van der Waals surface area contributed by atoms with Gasteiger partial charge in [0.1, 0.15) is 24.2 Å². The number of hydrogen-bond donors (Lipinski definition) is 0. The molecule has 5 rings (SSSR count). The molecule has 0 unspecified atom stereocenters. The van der Waals surface area contributed by atoms with Crippen molar-refractivity contribution in [2.45, 2.75) is 0 Å². The van der Waals surface area contributed by atoms with E-state index < -0.39 is 0 Å². The molecule has 142 valence electrons. The lowest BCUT2D eigenvalue weighted by Crippen LogP contribution is -1.96. The molecule has 3 heterocycles. The fourth-order valence-electron chi connectivity index (χ4n) is 2.41. The molecule has 12 nitrogen and oxygen atoms in total. The summed E-state index contributed by atoms with van der Waals surface area (Å²) in [5.41, 5.74) is 1.61. The molecule has 0 fully saturated rings. The van der Waals surface area contributed by atoms with Crippen LogP contribution in [0.1, 0.15) is 0 Å². The fraction of sp³-hybridized carbons (Fsp3) is 0. The number of tetrazole rings is 2. The van der Waals surface area contributed by atoms with Crippen molar-refractivity contribution in [2.24, 2.45) is 0 Å². The lowest BCUT2D eigenvalue weighted by Gasteiger charge is -2.07. The van der Waals surface area contributed by atoms with Crippen LogP contribution in [-0.4, -0.2) is 49.2 Å². The van der Waals surface area contributed by atoms with Gasteiger partial charge in [-0.3, -0.25) is 0 Å². The molecule has 13 heteroatoms. The Morgan fingerprint density at radius 1 is 0.621 bits per heavy atom. The minimum Gasteiger partial charge on any atom is -0.434 e. The molecule has 0 amide bonds. The van der Waals surface area contributed by atoms with Crippen LogP contribution in [0.2, 0.25) is 0 Å². The summed E-state index contributed by atoms with van der Waals surface area (Å²) in [6.07, 6.45) is 3.02. The number of ether oxygens (including phenoxy) is 2. The Labute approximate surface area is 166 Å². The predicted octanol–water partition coefficient (Wildman–Crippen LogP) is 2.07. The van der Waals surface area contributed by atoms with Crippen molar-refractivity contribution >= 4 is 11.7 Å². The zero-order chi connectivity index (χ0) is 19.5. The lowest BCUT2D eigenvalue weighted by atomic mass is 10.3. The van der Waals surface area contributed by atoms with Crippen molar-refractivity contribution in [3.05, 3.63) is 61.2 Å². The molecule has 2 aromatic carbocycles. The predicted molar refractivity (Wildman–Crippen MR) is 98.4 cm³/mol. The summed E-state index contributed by atoms with van der Waals surface area (Å²) < 4.78 is 23.0. The molecule has 0 aliphatic heterocycles. The Bertz CT molecular complexity index is 1090. The summed E-state index contributed by atoms with van der Waals surface area (Å²) in [5, 5.41) is 22.1. The molecule has 0 saturated carbocycles. The van der Waals surface area contributed by atoms with Crippen molar-refractivity contribution in [2.75, 3.05) is 0 Å². The van der Waals surface area contributed by atoms with Crippen LogP contribution in [0.25, 0.3) is 11.4 Å². The van der Waals surface area contributed by atoms with Gasteiger partial charge in [0.15, 0.2) is 0 Å². The SMILES string of the molecule is c1cc(-n2cnnn2)ccc1Oc1nsnc1Oc1ccc(-n2cnnn2)cc1. The summed E-state index contributed by atoms with van der Waals surface area (Å²) in [4.78, 5) is 0. The van der Waals surface area contributed by atoms with E-state index in [0.717, 1.165) is 23.1 Å². The van der Waals surface area contributed by atoms with Crippen LogP contribution in [0.3, 0.4) is 0 Å². The van der Waals surface area contributed by atoms with Crippen molar-refractivity contribution in [1.29, 1.82) is 0 Å². The minimum absolute atomic E-state index is 0.273. The first-order valence-corrected chi connectivity index (χ1v) is 8.93. The molecule has 0 saturated heterocycles. The van der Waals surface area contributed by atoms with Gasteiger partial charge in [0.25, 0.3) is 11.8 Å².